The number of benzodiazepines with no additional fused rings is 1. The lowest BCUT2D eigenvalue weighted by Gasteiger charge is -2.22. The maximum Gasteiger partial charge on any atom is 0.272 e. The van der Waals surface area contributed by atoms with Crippen molar-refractivity contribution in [1.82, 2.24) is 10.6 Å². The molecule has 7 nitrogen and oxygen atoms in total. The highest BCUT2D eigenvalue weighted by Crippen LogP contribution is 2.21. The van der Waals surface area contributed by atoms with Gasteiger partial charge in [-0.3, -0.25) is 19.4 Å². The molecule has 0 saturated heterocycles. The second-order valence-corrected chi connectivity index (χ2v) is 6.89. The van der Waals surface area contributed by atoms with Crippen LogP contribution in [-0.4, -0.2) is 43.2 Å². The van der Waals surface area contributed by atoms with Crippen LogP contribution in [0.25, 0.3) is 0 Å². The molecule has 0 spiro atoms. The summed E-state index contributed by atoms with van der Waals surface area (Å²) in [5, 5.41) is 4.94. The number of carbonyl (C=O) groups is 3. The summed E-state index contributed by atoms with van der Waals surface area (Å²) < 4.78 is 26.5. The largest absolute Gasteiger partial charge is 0.344 e. The van der Waals surface area contributed by atoms with Crippen molar-refractivity contribution in [2.75, 3.05) is 11.9 Å². The number of hydrogen-bond acceptors (Lipinski definition) is 4. The smallest absolute Gasteiger partial charge is 0.272 e. The highest BCUT2D eigenvalue weighted by Gasteiger charge is 2.29. The van der Waals surface area contributed by atoms with E-state index in [-0.39, 0.29) is 12.0 Å². The molecule has 3 rings (SSSR count). The Hall–Kier alpha value is -3.62. The van der Waals surface area contributed by atoms with E-state index in [1.54, 1.807) is 25.2 Å². The molecule has 0 fully saturated rings. The Balaban J connectivity index is 1.61. The van der Waals surface area contributed by atoms with Gasteiger partial charge in [-0.2, -0.15) is 0 Å². The molecule has 0 aliphatic carbocycles. The molecule has 2 aromatic carbocycles. The van der Waals surface area contributed by atoms with E-state index in [1.165, 1.54) is 18.0 Å². The number of nitrogens with zero attached hydrogens (tertiary/aromatic N) is 2. The number of hydrogen-bond donors (Lipinski definition) is 2. The summed E-state index contributed by atoms with van der Waals surface area (Å²) in [4.78, 5) is 42.7. The van der Waals surface area contributed by atoms with E-state index in [1.807, 2.05) is 6.07 Å². The van der Waals surface area contributed by atoms with Crippen molar-refractivity contribution < 1.29 is 23.2 Å². The number of fused-ring (bicyclic) bond motifs is 1. The molecular formula is C21H20F2N4O3. The van der Waals surface area contributed by atoms with Gasteiger partial charge in [-0.15, -0.1) is 0 Å². The van der Waals surface area contributed by atoms with Gasteiger partial charge in [0.15, 0.2) is 0 Å². The first kappa shape index (κ1) is 21.1. The average Bonchev–Trinajstić information content (AvgIpc) is 2.79. The summed E-state index contributed by atoms with van der Waals surface area (Å²) >= 11 is 0. The summed E-state index contributed by atoms with van der Waals surface area (Å²) in [5.74, 6) is -3.23. The summed E-state index contributed by atoms with van der Waals surface area (Å²) in [6, 6.07) is 8.96. The zero-order valence-electron chi connectivity index (χ0n) is 16.4. The molecule has 0 bridgehead atoms. The van der Waals surface area contributed by atoms with E-state index >= 15 is 0 Å². The van der Waals surface area contributed by atoms with E-state index in [2.05, 4.69) is 15.6 Å². The maximum absolute atomic E-state index is 13.2. The van der Waals surface area contributed by atoms with Crippen molar-refractivity contribution in [2.45, 2.75) is 25.6 Å². The average molecular weight is 414 g/mol. The van der Waals surface area contributed by atoms with Crippen LogP contribution in [-0.2, 0) is 20.8 Å². The minimum absolute atomic E-state index is 0.139. The van der Waals surface area contributed by atoms with E-state index in [0.717, 1.165) is 17.7 Å². The van der Waals surface area contributed by atoms with Gasteiger partial charge in [0, 0.05) is 24.9 Å². The molecule has 3 amide bonds. The first-order chi connectivity index (χ1) is 14.2. The minimum Gasteiger partial charge on any atom is -0.344 e. The van der Waals surface area contributed by atoms with Crippen molar-refractivity contribution in [3.05, 3.63) is 65.2 Å². The Morgan fingerprint density at radius 3 is 2.53 bits per heavy atom. The van der Waals surface area contributed by atoms with Gasteiger partial charge in [-0.1, -0.05) is 18.2 Å². The first-order valence-electron chi connectivity index (χ1n) is 9.19. The monoisotopic (exact) mass is 414 g/mol. The van der Waals surface area contributed by atoms with Crippen LogP contribution in [0.2, 0.25) is 0 Å². The summed E-state index contributed by atoms with van der Waals surface area (Å²) in [6.07, 6.45) is 0.0560. The molecule has 1 heterocycles. The molecular weight excluding hydrogens is 394 g/mol. The van der Waals surface area contributed by atoms with Gasteiger partial charge in [0.1, 0.15) is 17.7 Å². The SMILES string of the molecule is C[C@@H](NC(=O)Cc1cc(F)cc(F)c1)C(=O)NC1N=Cc2ccccc2N(C)C1=O. The van der Waals surface area contributed by atoms with Crippen molar-refractivity contribution in [2.24, 2.45) is 4.99 Å². The van der Waals surface area contributed by atoms with E-state index in [9.17, 15) is 23.2 Å². The van der Waals surface area contributed by atoms with Gasteiger partial charge in [-0.05, 0) is 30.7 Å². The lowest BCUT2D eigenvalue weighted by Crippen LogP contribution is -2.52. The highest BCUT2D eigenvalue weighted by molar-refractivity contribution is 6.06. The maximum atomic E-state index is 13.2. The van der Waals surface area contributed by atoms with Crippen LogP contribution in [0, 0.1) is 11.6 Å². The van der Waals surface area contributed by atoms with Gasteiger partial charge in [0.25, 0.3) is 5.91 Å². The molecule has 30 heavy (non-hydrogen) atoms. The fourth-order valence-corrected chi connectivity index (χ4v) is 3.04. The molecule has 1 unspecified atom stereocenters. The van der Waals surface area contributed by atoms with Crippen LogP contribution in [0.15, 0.2) is 47.5 Å². The number of likely N-dealkylation sites (N-methyl/N-ethyl adjacent to an activating group) is 1. The van der Waals surface area contributed by atoms with Crippen LogP contribution in [0.3, 0.4) is 0 Å². The first-order valence-corrected chi connectivity index (χ1v) is 9.19. The summed E-state index contributed by atoms with van der Waals surface area (Å²) in [5.41, 5.74) is 1.53. The number of anilines is 1. The molecule has 1 aliphatic heterocycles. The highest BCUT2D eigenvalue weighted by atomic mass is 19.1. The van der Waals surface area contributed by atoms with E-state index < -0.39 is 41.6 Å². The molecule has 2 N–H and O–H groups in total. The summed E-state index contributed by atoms with van der Waals surface area (Å²) in [6.45, 7) is 1.43. The number of rotatable bonds is 5. The predicted octanol–water partition coefficient (Wildman–Crippen LogP) is 1.55. The molecule has 156 valence electrons. The van der Waals surface area contributed by atoms with E-state index in [0.29, 0.717) is 11.8 Å². The lowest BCUT2D eigenvalue weighted by atomic mass is 10.1. The topological polar surface area (TPSA) is 90.9 Å². The van der Waals surface area contributed by atoms with Crippen LogP contribution < -0.4 is 15.5 Å². The fraction of sp³-hybridized carbons (Fsp3) is 0.238. The van der Waals surface area contributed by atoms with Crippen LogP contribution in [0.4, 0.5) is 14.5 Å². The number of carbonyl (C=O) groups excluding carboxylic acids is 3. The molecule has 0 radical (unpaired) electrons. The zero-order chi connectivity index (χ0) is 21.8. The second kappa shape index (κ2) is 8.81. The number of para-hydroxylation sites is 1. The third-order valence-electron chi connectivity index (χ3n) is 4.56. The van der Waals surface area contributed by atoms with Gasteiger partial charge in [-0.25, -0.2) is 8.78 Å². The molecule has 0 saturated carbocycles. The van der Waals surface area contributed by atoms with Crippen molar-refractivity contribution >= 4 is 29.6 Å². The van der Waals surface area contributed by atoms with Crippen LogP contribution in [0.1, 0.15) is 18.1 Å². The van der Waals surface area contributed by atoms with Crippen LogP contribution >= 0.6 is 0 Å². The Morgan fingerprint density at radius 1 is 1.17 bits per heavy atom. The van der Waals surface area contributed by atoms with Gasteiger partial charge >= 0.3 is 0 Å². The molecule has 2 atom stereocenters. The van der Waals surface area contributed by atoms with Gasteiger partial charge in [0.2, 0.25) is 18.0 Å². The third kappa shape index (κ3) is 4.86. The van der Waals surface area contributed by atoms with Crippen LogP contribution in [0.5, 0.6) is 0 Å². The van der Waals surface area contributed by atoms with Crippen molar-refractivity contribution in [3.63, 3.8) is 0 Å². The Bertz CT molecular complexity index is 1000. The van der Waals surface area contributed by atoms with E-state index in [4.69, 9.17) is 0 Å². The Morgan fingerprint density at radius 2 is 1.83 bits per heavy atom. The molecule has 9 heteroatoms. The molecule has 2 aromatic rings. The number of benzene rings is 2. The lowest BCUT2D eigenvalue weighted by molar-refractivity contribution is -0.130. The number of halogens is 2. The molecule has 0 aromatic heterocycles. The normalized spacial score (nSPS) is 16.5. The minimum atomic E-state index is -1.15. The second-order valence-electron chi connectivity index (χ2n) is 6.89. The number of amides is 3. The molecule has 1 aliphatic rings. The van der Waals surface area contributed by atoms with Gasteiger partial charge in [0.05, 0.1) is 12.1 Å². The van der Waals surface area contributed by atoms with Gasteiger partial charge < -0.3 is 15.5 Å². The Kier molecular flexibility index (Phi) is 6.20. The zero-order valence-corrected chi connectivity index (χ0v) is 16.4. The van der Waals surface area contributed by atoms with Crippen molar-refractivity contribution in [1.29, 1.82) is 0 Å². The standard InChI is InChI=1S/C21H20F2N4O3/c1-12(25-18(28)9-13-7-15(22)10-16(23)8-13)20(29)26-19-21(30)27(2)17-6-4-3-5-14(17)11-24-19/h3-8,10-12,19H,9H2,1-2H3,(H,25,28)(H,26,29)/t12-,19?/m1/s1. The Labute approximate surface area is 171 Å². The fourth-order valence-electron chi connectivity index (χ4n) is 3.04. The number of aliphatic imine (C=N–C) groups is 1. The van der Waals surface area contributed by atoms with Crippen molar-refractivity contribution in [3.8, 4) is 0 Å². The predicted molar refractivity (Wildman–Crippen MR) is 107 cm³/mol. The summed E-state index contributed by atoms with van der Waals surface area (Å²) in [7, 11) is 1.58. The number of nitrogens with one attached hydrogen (secondary N) is 2. The quantitative estimate of drug-likeness (QED) is 0.778. The third-order valence-corrected chi connectivity index (χ3v) is 4.56.